The van der Waals surface area contributed by atoms with Gasteiger partial charge >= 0.3 is 0 Å². The molecular formula is C65H59BrFN3O6. The highest BCUT2D eigenvalue weighted by molar-refractivity contribution is 9.10. The zero-order valence-corrected chi connectivity index (χ0v) is 44.4. The summed E-state index contributed by atoms with van der Waals surface area (Å²) in [5, 5.41) is 8.64. The minimum Gasteiger partial charge on any atom is -0.496 e. The fourth-order valence-corrected chi connectivity index (χ4v) is 11.4. The van der Waals surface area contributed by atoms with Crippen LogP contribution in [0.1, 0.15) is 114 Å². The molecule has 3 heterocycles. The van der Waals surface area contributed by atoms with Crippen molar-refractivity contribution < 1.29 is 33.0 Å². The van der Waals surface area contributed by atoms with Gasteiger partial charge in [-0.2, -0.15) is 0 Å². The van der Waals surface area contributed by atoms with Crippen molar-refractivity contribution in [2.24, 2.45) is 0 Å². The number of halogens is 2. The number of anilines is 3. The van der Waals surface area contributed by atoms with Crippen molar-refractivity contribution in [2.75, 3.05) is 37.3 Å². The van der Waals surface area contributed by atoms with Crippen LogP contribution in [0.25, 0.3) is 46.1 Å². The Morgan fingerprint density at radius 1 is 0.447 bits per heavy atom. The van der Waals surface area contributed by atoms with Crippen molar-refractivity contribution in [2.45, 2.75) is 69.6 Å². The molecule has 0 radical (unpaired) electrons. The van der Waals surface area contributed by atoms with Crippen molar-refractivity contribution in [3.05, 3.63) is 200 Å². The number of para-hydroxylation sites is 1. The van der Waals surface area contributed by atoms with Gasteiger partial charge in [0, 0.05) is 60.5 Å². The number of rotatable bonds is 9. The molecule has 0 unspecified atom stereocenters. The number of carbonyl (C=O) groups is 3. The van der Waals surface area contributed by atoms with Crippen LogP contribution in [0.3, 0.4) is 0 Å². The molecular weight excluding hydrogens is 1020 g/mol. The summed E-state index contributed by atoms with van der Waals surface area (Å²) in [6.07, 6.45) is 16.9. The number of hydrogen-bond acceptors (Lipinski definition) is 6. The van der Waals surface area contributed by atoms with Gasteiger partial charge in [-0.05, 0) is 168 Å². The number of ether oxygens (including phenoxy) is 3. The lowest BCUT2D eigenvalue weighted by molar-refractivity contribution is -0.111. The lowest BCUT2D eigenvalue weighted by Crippen LogP contribution is -2.07. The molecule has 384 valence electrons. The van der Waals surface area contributed by atoms with Gasteiger partial charge in [-0.3, -0.25) is 14.4 Å². The van der Waals surface area contributed by atoms with Crippen LogP contribution in [-0.4, -0.2) is 39.1 Å². The Bertz CT molecular complexity index is 3440. The lowest BCUT2D eigenvalue weighted by Gasteiger charge is -2.24. The first kappa shape index (κ1) is 51.5. The van der Waals surface area contributed by atoms with Gasteiger partial charge < -0.3 is 30.2 Å². The highest BCUT2D eigenvalue weighted by atomic mass is 79.9. The summed E-state index contributed by atoms with van der Waals surface area (Å²) in [6, 6.07) is 46.3. The second kappa shape index (κ2) is 23.3. The van der Waals surface area contributed by atoms with E-state index in [0.717, 1.165) is 77.6 Å². The molecule has 2 fully saturated rings. The maximum absolute atomic E-state index is 13.6. The van der Waals surface area contributed by atoms with Crippen molar-refractivity contribution in [1.82, 2.24) is 0 Å². The Balaban J connectivity index is 0.000000130. The quantitative estimate of drug-likeness (QED) is 0.124. The van der Waals surface area contributed by atoms with E-state index in [-0.39, 0.29) is 23.5 Å². The van der Waals surface area contributed by atoms with E-state index in [0.29, 0.717) is 34.2 Å². The number of nitrogens with one attached hydrogen (secondary N) is 3. The van der Waals surface area contributed by atoms with E-state index in [1.807, 2.05) is 133 Å². The highest BCUT2D eigenvalue weighted by Crippen LogP contribution is 2.43. The Kier molecular flexibility index (Phi) is 15.7. The lowest BCUT2D eigenvalue weighted by atomic mass is 9.83. The molecule has 12 rings (SSSR count). The van der Waals surface area contributed by atoms with Crippen LogP contribution in [0, 0.1) is 5.82 Å². The number of methoxy groups -OCH3 is 3. The Labute approximate surface area is 452 Å². The van der Waals surface area contributed by atoms with E-state index in [2.05, 4.69) is 44.0 Å². The van der Waals surface area contributed by atoms with Crippen molar-refractivity contribution in [3.8, 4) is 28.4 Å². The standard InChI is InChI=1S/C22H16BrNO2.C22H23NO2.C21H20FNO2/c1-26-21-10-7-14(11-17(21)15-5-3-2-4-6-15)12-19-18-13-16(23)8-9-20(18)24-22(19)25;1-25-21-12-11-15(13-18(21)16-7-3-2-4-8-16)14-19-17-9-5-6-10-20(17)23-22(19)24;1-25-20-9-6-13(10-16(20)14-4-2-3-5-14)11-18-17-12-15(22)7-8-19(17)23-21(18)24/h2-13H,1H3,(H,24,25);5-6,9-14,16H,2-4,7-8H2,1H3,(H,23,24);6-12,14H,2-5H2,1H3,(H,23,24). The SMILES string of the molecule is COc1ccc(C=C2C(=O)Nc3ccc(Br)cc32)cc1-c1ccccc1.COc1ccc(C=C2C(=O)Nc3ccc(F)cc32)cc1C1CCCC1.COc1ccc(C=C2C(=O)Nc3ccccc32)cc1C1CCCCC1. The number of fused-ring (bicyclic) bond motifs is 3. The summed E-state index contributed by atoms with van der Waals surface area (Å²) in [4.78, 5) is 37.0. The zero-order valence-electron chi connectivity index (χ0n) is 42.8. The number of hydrogen-bond donors (Lipinski definition) is 3. The van der Waals surface area contributed by atoms with Gasteiger partial charge in [0.25, 0.3) is 17.7 Å². The van der Waals surface area contributed by atoms with Gasteiger partial charge in [0.1, 0.15) is 23.1 Å². The van der Waals surface area contributed by atoms with Crippen LogP contribution in [0.4, 0.5) is 21.5 Å². The molecule has 0 aromatic heterocycles. The van der Waals surface area contributed by atoms with Crippen molar-refractivity contribution in [3.63, 3.8) is 0 Å². The Morgan fingerprint density at radius 3 is 1.45 bits per heavy atom. The molecule has 5 aliphatic rings. The molecule has 7 aromatic rings. The molecule has 2 aliphatic carbocycles. The predicted molar refractivity (Wildman–Crippen MR) is 308 cm³/mol. The third-order valence-electron chi connectivity index (χ3n) is 14.8. The van der Waals surface area contributed by atoms with Gasteiger partial charge in [0.2, 0.25) is 0 Å². The number of carbonyl (C=O) groups excluding carboxylic acids is 3. The van der Waals surface area contributed by atoms with Crippen LogP contribution in [0.2, 0.25) is 0 Å². The molecule has 2 saturated carbocycles. The summed E-state index contributed by atoms with van der Waals surface area (Å²) in [7, 11) is 5.09. The second-order valence-corrected chi connectivity index (χ2v) is 20.5. The first-order valence-corrected chi connectivity index (χ1v) is 26.7. The summed E-state index contributed by atoms with van der Waals surface area (Å²) in [5.41, 5.74) is 14.2. The van der Waals surface area contributed by atoms with Gasteiger partial charge in [-0.25, -0.2) is 4.39 Å². The molecule has 0 spiro atoms. The highest BCUT2D eigenvalue weighted by Gasteiger charge is 2.28. The van der Waals surface area contributed by atoms with Crippen molar-refractivity contribution >= 4 is 85.7 Å². The van der Waals surface area contributed by atoms with Crippen LogP contribution >= 0.6 is 15.9 Å². The summed E-state index contributed by atoms with van der Waals surface area (Å²) in [5.74, 6) is 3.08. The average molecular weight is 1080 g/mol. The third-order valence-corrected chi connectivity index (χ3v) is 15.3. The Hall–Kier alpha value is -8.02. The normalized spacial score (nSPS) is 17.2. The minimum absolute atomic E-state index is 0.0313. The fraction of sp³-hybridized carbons (Fsp3) is 0.215. The fourth-order valence-electron chi connectivity index (χ4n) is 11.0. The Morgan fingerprint density at radius 2 is 0.895 bits per heavy atom. The molecule has 76 heavy (non-hydrogen) atoms. The smallest absolute Gasteiger partial charge is 0.256 e. The number of amides is 3. The van der Waals surface area contributed by atoms with E-state index >= 15 is 0 Å². The van der Waals surface area contributed by atoms with Gasteiger partial charge in [0.15, 0.2) is 0 Å². The van der Waals surface area contributed by atoms with Gasteiger partial charge in [-0.15, -0.1) is 0 Å². The van der Waals surface area contributed by atoms with Crippen LogP contribution < -0.4 is 30.2 Å². The molecule has 9 nitrogen and oxygen atoms in total. The van der Waals surface area contributed by atoms with E-state index in [1.165, 1.54) is 81.0 Å². The maximum Gasteiger partial charge on any atom is 0.256 e. The second-order valence-electron chi connectivity index (χ2n) is 19.6. The molecule has 11 heteroatoms. The average Bonchev–Trinajstić information content (AvgIpc) is 4.26. The van der Waals surface area contributed by atoms with E-state index in [1.54, 1.807) is 27.4 Å². The summed E-state index contributed by atoms with van der Waals surface area (Å²) >= 11 is 3.48. The minimum atomic E-state index is -0.345. The monoisotopic (exact) mass is 1080 g/mol. The summed E-state index contributed by atoms with van der Waals surface area (Å²) in [6.45, 7) is 0. The van der Waals surface area contributed by atoms with Crippen LogP contribution in [-0.2, 0) is 14.4 Å². The van der Waals surface area contributed by atoms with E-state index in [4.69, 9.17) is 14.2 Å². The summed E-state index contributed by atoms with van der Waals surface area (Å²) < 4.78 is 31.2. The molecule has 0 bridgehead atoms. The van der Waals surface area contributed by atoms with E-state index in [9.17, 15) is 18.8 Å². The van der Waals surface area contributed by atoms with Crippen LogP contribution in [0.15, 0.2) is 150 Å². The van der Waals surface area contributed by atoms with Crippen molar-refractivity contribution in [1.29, 1.82) is 0 Å². The van der Waals surface area contributed by atoms with E-state index < -0.39 is 0 Å². The van der Waals surface area contributed by atoms with Crippen LogP contribution in [0.5, 0.6) is 17.2 Å². The topological polar surface area (TPSA) is 115 Å². The predicted octanol–water partition coefficient (Wildman–Crippen LogP) is 15.8. The molecule has 3 aliphatic heterocycles. The first-order valence-electron chi connectivity index (χ1n) is 25.9. The molecule has 0 atom stereocenters. The third kappa shape index (κ3) is 11.3. The number of benzene rings is 7. The molecule has 3 N–H and O–H groups in total. The molecule has 3 amide bonds. The zero-order chi connectivity index (χ0) is 52.7. The largest absolute Gasteiger partial charge is 0.496 e. The molecule has 7 aromatic carbocycles. The maximum atomic E-state index is 13.6. The van der Waals surface area contributed by atoms with Gasteiger partial charge in [-0.1, -0.05) is 115 Å². The first-order chi connectivity index (χ1) is 37.1. The molecule has 0 saturated heterocycles. The van der Waals surface area contributed by atoms with Gasteiger partial charge in [0.05, 0.1) is 21.3 Å².